The summed E-state index contributed by atoms with van der Waals surface area (Å²) in [5, 5.41) is 3.43. The molecule has 3 unspecified atom stereocenters. The first kappa shape index (κ1) is 13.4. The number of hydrogen-bond acceptors (Lipinski definition) is 2. The molecule has 3 aliphatic rings. The van der Waals surface area contributed by atoms with Gasteiger partial charge in [0, 0.05) is 19.1 Å². The molecule has 3 atom stereocenters. The summed E-state index contributed by atoms with van der Waals surface area (Å²) in [6, 6.07) is 0.567. The van der Waals surface area contributed by atoms with Gasteiger partial charge >= 0.3 is 0 Å². The molecule has 2 saturated heterocycles. The lowest BCUT2D eigenvalue weighted by molar-refractivity contribution is -0.148. The van der Waals surface area contributed by atoms with Gasteiger partial charge in [0.1, 0.15) is 0 Å². The molecule has 1 aliphatic carbocycles. The summed E-state index contributed by atoms with van der Waals surface area (Å²) in [6.07, 6.45) is 7.51. The lowest BCUT2D eigenvalue weighted by Crippen LogP contribution is -2.54. The maximum absolute atomic E-state index is 13.2. The average molecular weight is 264 g/mol. The second-order valence-corrected chi connectivity index (χ2v) is 7.14. The third-order valence-electron chi connectivity index (χ3n) is 5.97. The van der Waals surface area contributed by atoms with E-state index < -0.39 is 0 Å². The molecule has 0 aromatic carbocycles. The third kappa shape index (κ3) is 2.10. The van der Waals surface area contributed by atoms with Crippen molar-refractivity contribution in [2.24, 2.45) is 17.3 Å². The molecule has 2 aliphatic heterocycles. The number of hydrogen-bond donors (Lipinski definition) is 1. The Hall–Kier alpha value is -0.570. The second-order valence-electron chi connectivity index (χ2n) is 7.14. The van der Waals surface area contributed by atoms with Gasteiger partial charge in [-0.05, 0) is 50.5 Å². The summed E-state index contributed by atoms with van der Waals surface area (Å²) in [6.45, 7) is 7.35. The van der Waals surface area contributed by atoms with Crippen molar-refractivity contribution >= 4 is 5.91 Å². The molecule has 3 rings (SSSR count). The van der Waals surface area contributed by atoms with Crippen LogP contribution in [-0.2, 0) is 4.79 Å². The van der Waals surface area contributed by atoms with Crippen LogP contribution in [0.4, 0.5) is 0 Å². The highest BCUT2D eigenvalue weighted by Gasteiger charge is 2.49. The number of piperidine rings is 1. The van der Waals surface area contributed by atoms with Crippen molar-refractivity contribution in [3.63, 3.8) is 0 Å². The molecule has 0 aromatic rings. The van der Waals surface area contributed by atoms with Crippen LogP contribution in [0, 0.1) is 17.3 Å². The fourth-order valence-corrected chi connectivity index (χ4v) is 4.63. The first-order valence-electron chi connectivity index (χ1n) is 8.17. The van der Waals surface area contributed by atoms with E-state index in [9.17, 15) is 4.79 Å². The van der Waals surface area contributed by atoms with Gasteiger partial charge < -0.3 is 10.2 Å². The Bertz CT molecular complexity index is 347. The van der Waals surface area contributed by atoms with Gasteiger partial charge in [0.15, 0.2) is 0 Å². The Kier molecular flexibility index (Phi) is 3.59. The summed E-state index contributed by atoms with van der Waals surface area (Å²) in [4.78, 5) is 15.5. The number of rotatable bonds is 2. The van der Waals surface area contributed by atoms with Gasteiger partial charge in [-0.1, -0.05) is 20.3 Å². The Labute approximate surface area is 117 Å². The zero-order valence-corrected chi connectivity index (χ0v) is 12.5. The first-order valence-corrected chi connectivity index (χ1v) is 8.17. The van der Waals surface area contributed by atoms with Crippen LogP contribution in [0.5, 0.6) is 0 Å². The molecule has 1 N–H and O–H groups in total. The molecule has 3 heteroatoms. The molecule has 0 aromatic heterocycles. The number of nitrogens with one attached hydrogen (secondary N) is 1. The molecular formula is C16H28N2O. The molecule has 0 bridgehead atoms. The van der Waals surface area contributed by atoms with Crippen molar-refractivity contribution in [3.8, 4) is 0 Å². The predicted molar refractivity (Wildman–Crippen MR) is 76.8 cm³/mol. The van der Waals surface area contributed by atoms with Crippen molar-refractivity contribution in [2.75, 3.05) is 19.6 Å². The van der Waals surface area contributed by atoms with Gasteiger partial charge in [-0.25, -0.2) is 0 Å². The number of carbonyl (C=O) groups excluding carboxylic acids is 1. The monoisotopic (exact) mass is 264 g/mol. The van der Waals surface area contributed by atoms with Crippen LogP contribution in [0.15, 0.2) is 0 Å². The number of fused-ring (bicyclic) bond motifs is 1. The highest BCUT2D eigenvalue weighted by molar-refractivity contribution is 5.84. The van der Waals surface area contributed by atoms with E-state index in [0.29, 0.717) is 17.9 Å². The molecule has 1 saturated carbocycles. The Morgan fingerprint density at radius 1 is 1.26 bits per heavy atom. The van der Waals surface area contributed by atoms with Gasteiger partial charge in [0.25, 0.3) is 0 Å². The van der Waals surface area contributed by atoms with Crippen LogP contribution in [-0.4, -0.2) is 36.5 Å². The van der Waals surface area contributed by atoms with E-state index in [0.717, 1.165) is 32.0 Å². The number of carbonyl (C=O) groups is 1. The zero-order chi connectivity index (χ0) is 13.5. The Morgan fingerprint density at radius 2 is 2.05 bits per heavy atom. The summed E-state index contributed by atoms with van der Waals surface area (Å²) in [5.74, 6) is 1.71. The molecule has 2 heterocycles. The Balaban J connectivity index is 1.82. The molecule has 3 fully saturated rings. The minimum atomic E-state index is -0.121. The lowest BCUT2D eigenvalue weighted by Gasteiger charge is -2.44. The van der Waals surface area contributed by atoms with E-state index in [2.05, 4.69) is 24.1 Å². The van der Waals surface area contributed by atoms with Crippen molar-refractivity contribution < 1.29 is 4.79 Å². The highest BCUT2D eigenvalue weighted by Crippen LogP contribution is 2.42. The van der Waals surface area contributed by atoms with Crippen LogP contribution in [0.2, 0.25) is 0 Å². The van der Waals surface area contributed by atoms with Crippen molar-refractivity contribution in [2.45, 2.75) is 58.4 Å². The van der Waals surface area contributed by atoms with Crippen LogP contribution in [0.3, 0.4) is 0 Å². The number of likely N-dealkylation sites (tertiary alicyclic amines) is 1. The lowest BCUT2D eigenvalue weighted by atomic mass is 9.74. The van der Waals surface area contributed by atoms with E-state index in [1.165, 1.54) is 32.1 Å². The maximum Gasteiger partial charge on any atom is 0.230 e. The van der Waals surface area contributed by atoms with Crippen molar-refractivity contribution in [1.29, 1.82) is 0 Å². The second kappa shape index (κ2) is 5.08. The standard InChI is InChI=1S/C16H28N2O/c1-12(2)16(8-9-17-11-16)15(19)18-10-4-6-13-5-3-7-14(13)18/h12-14,17H,3-11H2,1-2H3. The third-order valence-corrected chi connectivity index (χ3v) is 5.97. The molecule has 0 radical (unpaired) electrons. The molecule has 108 valence electrons. The van der Waals surface area contributed by atoms with Crippen LogP contribution < -0.4 is 5.32 Å². The summed E-state index contributed by atoms with van der Waals surface area (Å²) >= 11 is 0. The smallest absolute Gasteiger partial charge is 0.230 e. The molecule has 3 nitrogen and oxygen atoms in total. The average Bonchev–Trinajstić information content (AvgIpc) is 3.06. The molecule has 0 spiro atoms. The van der Waals surface area contributed by atoms with Crippen molar-refractivity contribution in [1.82, 2.24) is 10.2 Å². The van der Waals surface area contributed by atoms with Gasteiger partial charge in [-0.3, -0.25) is 4.79 Å². The topological polar surface area (TPSA) is 32.3 Å². The van der Waals surface area contributed by atoms with E-state index in [1.807, 2.05) is 0 Å². The van der Waals surface area contributed by atoms with Crippen LogP contribution >= 0.6 is 0 Å². The van der Waals surface area contributed by atoms with E-state index >= 15 is 0 Å². The fraction of sp³-hybridized carbons (Fsp3) is 0.938. The van der Waals surface area contributed by atoms with E-state index in [-0.39, 0.29) is 5.41 Å². The molecular weight excluding hydrogens is 236 g/mol. The SMILES string of the molecule is CC(C)C1(C(=O)N2CCCC3CCCC32)CCNC1. The van der Waals surface area contributed by atoms with Gasteiger partial charge in [-0.15, -0.1) is 0 Å². The molecule has 1 amide bonds. The summed E-state index contributed by atoms with van der Waals surface area (Å²) in [7, 11) is 0. The maximum atomic E-state index is 13.2. The highest BCUT2D eigenvalue weighted by atomic mass is 16.2. The molecule has 19 heavy (non-hydrogen) atoms. The van der Waals surface area contributed by atoms with Crippen molar-refractivity contribution in [3.05, 3.63) is 0 Å². The quantitative estimate of drug-likeness (QED) is 0.830. The largest absolute Gasteiger partial charge is 0.339 e. The van der Waals surface area contributed by atoms with Crippen LogP contribution in [0.25, 0.3) is 0 Å². The van der Waals surface area contributed by atoms with Gasteiger partial charge in [-0.2, -0.15) is 0 Å². The zero-order valence-electron chi connectivity index (χ0n) is 12.5. The van der Waals surface area contributed by atoms with E-state index in [4.69, 9.17) is 0 Å². The Morgan fingerprint density at radius 3 is 2.74 bits per heavy atom. The minimum Gasteiger partial charge on any atom is -0.339 e. The summed E-state index contributed by atoms with van der Waals surface area (Å²) < 4.78 is 0. The predicted octanol–water partition coefficient (Wildman–Crippen LogP) is 2.41. The van der Waals surface area contributed by atoms with Gasteiger partial charge in [0.05, 0.1) is 5.41 Å². The van der Waals surface area contributed by atoms with E-state index in [1.54, 1.807) is 0 Å². The normalized spacial score (nSPS) is 38.8. The summed E-state index contributed by atoms with van der Waals surface area (Å²) in [5.41, 5.74) is -0.121. The van der Waals surface area contributed by atoms with Crippen LogP contribution in [0.1, 0.15) is 52.4 Å². The number of amides is 1. The fourth-order valence-electron chi connectivity index (χ4n) is 4.63. The van der Waals surface area contributed by atoms with Gasteiger partial charge in [0.2, 0.25) is 5.91 Å². The minimum absolute atomic E-state index is 0.121. The first-order chi connectivity index (χ1) is 9.15. The number of nitrogens with zero attached hydrogens (tertiary/aromatic N) is 1.